The number of hydrogen-bond acceptors (Lipinski definition) is 12. The zero-order chi connectivity index (χ0) is 33.6. The van der Waals surface area contributed by atoms with E-state index in [0.29, 0.717) is 44.0 Å². The molecular weight excluding hydrogens is 649 g/mol. The Hall–Kier alpha value is -6.12. The number of para-hydroxylation sites is 2. The van der Waals surface area contributed by atoms with Crippen molar-refractivity contribution < 1.29 is 9.85 Å². The summed E-state index contributed by atoms with van der Waals surface area (Å²) in [5.41, 5.74) is 3.80. The van der Waals surface area contributed by atoms with E-state index >= 15 is 0 Å². The van der Waals surface area contributed by atoms with Crippen molar-refractivity contribution in [3.05, 3.63) is 189 Å². The Morgan fingerprint density at radius 1 is 0.458 bits per heavy atom. The second kappa shape index (κ2) is 17.0. The molecule has 236 valence electrons. The van der Waals surface area contributed by atoms with E-state index < -0.39 is 9.85 Å². The highest BCUT2D eigenvalue weighted by atomic mass is 32.2. The second-order valence-corrected chi connectivity index (χ2v) is 11.0. The number of aromatic nitrogens is 4. The molecule has 0 fully saturated rings. The lowest BCUT2D eigenvalue weighted by Crippen LogP contribution is -2.06. The van der Waals surface area contributed by atoms with Crippen LogP contribution in [0.25, 0.3) is 0 Å². The fourth-order valence-corrected chi connectivity index (χ4v) is 5.53. The minimum Gasteiger partial charge on any atom is -0.258 e. The molecule has 0 bridgehead atoms. The maximum atomic E-state index is 11.1. The molecule has 0 aliphatic rings. The minimum absolute atomic E-state index is 0.0210. The number of rotatable bonds is 10. The highest BCUT2D eigenvalue weighted by molar-refractivity contribution is 7.98. The third-order valence-electron chi connectivity index (χ3n) is 6.22. The Labute approximate surface area is 283 Å². The van der Waals surface area contributed by atoms with Gasteiger partial charge in [0.1, 0.15) is 21.2 Å². The lowest BCUT2D eigenvalue weighted by Gasteiger charge is -2.05. The molecule has 0 N–H and O–H groups in total. The van der Waals surface area contributed by atoms with E-state index in [1.807, 2.05) is 72.8 Å². The van der Waals surface area contributed by atoms with Crippen LogP contribution in [0.3, 0.4) is 0 Å². The zero-order valence-corrected chi connectivity index (χ0v) is 26.5. The van der Waals surface area contributed by atoms with E-state index in [2.05, 4.69) is 28.7 Å². The standard InChI is InChI=1S/2C17H12N4O2S/c2*22-21(23)15-9-1-2-10-16(15)24-20-17(13-7-3-5-11-18-13)14-8-4-6-12-19-14/h2*1-12H. The van der Waals surface area contributed by atoms with Crippen LogP contribution in [-0.2, 0) is 0 Å². The van der Waals surface area contributed by atoms with Crippen molar-refractivity contribution in [3.8, 4) is 0 Å². The summed E-state index contributed by atoms with van der Waals surface area (Å²) in [4.78, 5) is 39.6. The Bertz CT molecular complexity index is 1810. The SMILES string of the molecule is O=[N+]([O-])c1ccccc1SN=C(c1ccccn1)c1ccccn1.O=[N+]([O-])c1ccccc1SN=C(c1ccccn1)c1ccccn1. The van der Waals surface area contributed by atoms with E-state index in [1.54, 1.807) is 61.2 Å². The number of pyridine rings is 4. The molecule has 0 aliphatic carbocycles. The van der Waals surface area contributed by atoms with Crippen molar-refractivity contribution in [2.24, 2.45) is 8.80 Å². The van der Waals surface area contributed by atoms with Crippen LogP contribution in [0, 0.1) is 20.2 Å². The molecule has 0 saturated carbocycles. The zero-order valence-electron chi connectivity index (χ0n) is 24.9. The van der Waals surface area contributed by atoms with Gasteiger partial charge in [0, 0.05) is 60.8 Å². The predicted octanol–water partition coefficient (Wildman–Crippen LogP) is 7.86. The molecule has 0 aliphatic heterocycles. The van der Waals surface area contributed by atoms with Crippen LogP contribution in [0.4, 0.5) is 11.4 Å². The van der Waals surface area contributed by atoms with Crippen LogP contribution in [0.1, 0.15) is 22.8 Å². The minimum atomic E-state index is -0.418. The average Bonchev–Trinajstić information content (AvgIpc) is 3.14. The summed E-state index contributed by atoms with van der Waals surface area (Å²) in [6, 6.07) is 35.0. The Balaban J connectivity index is 0.000000188. The Morgan fingerprint density at radius 3 is 1.02 bits per heavy atom. The number of nitro groups is 2. The molecule has 0 saturated heterocycles. The molecule has 6 aromatic rings. The number of nitro benzene ring substituents is 2. The maximum absolute atomic E-state index is 11.1. The largest absolute Gasteiger partial charge is 0.284 e. The van der Waals surface area contributed by atoms with Crippen LogP contribution in [0.5, 0.6) is 0 Å². The molecular formula is C34H24N8O4S2. The maximum Gasteiger partial charge on any atom is 0.284 e. The van der Waals surface area contributed by atoms with Gasteiger partial charge in [0.05, 0.1) is 32.6 Å². The predicted molar refractivity (Wildman–Crippen MR) is 186 cm³/mol. The summed E-state index contributed by atoms with van der Waals surface area (Å²) in [5, 5.41) is 22.3. The monoisotopic (exact) mass is 672 g/mol. The van der Waals surface area contributed by atoms with Gasteiger partial charge in [-0.05, 0) is 60.7 Å². The van der Waals surface area contributed by atoms with Crippen molar-refractivity contribution in [2.45, 2.75) is 9.79 Å². The van der Waals surface area contributed by atoms with E-state index in [4.69, 9.17) is 0 Å². The third-order valence-corrected chi connectivity index (χ3v) is 7.86. The first-order valence-electron chi connectivity index (χ1n) is 14.1. The van der Waals surface area contributed by atoms with Gasteiger partial charge >= 0.3 is 0 Å². The summed E-state index contributed by atoms with van der Waals surface area (Å²) in [7, 11) is 0. The van der Waals surface area contributed by atoms with E-state index in [9.17, 15) is 20.2 Å². The van der Waals surface area contributed by atoms with Gasteiger partial charge in [0.25, 0.3) is 11.4 Å². The molecule has 4 aromatic heterocycles. The van der Waals surface area contributed by atoms with Gasteiger partial charge in [-0.25, -0.2) is 8.80 Å². The van der Waals surface area contributed by atoms with Gasteiger partial charge in [-0.1, -0.05) is 48.5 Å². The van der Waals surface area contributed by atoms with E-state index in [-0.39, 0.29) is 11.4 Å². The van der Waals surface area contributed by atoms with Crippen LogP contribution in [-0.4, -0.2) is 41.2 Å². The molecule has 0 unspecified atom stereocenters. The highest BCUT2D eigenvalue weighted by Gasteiger charge is 2.16. The highest BCUT2D eigenvalue weighted by Crippen LogP contribution is 2.31. The Morgan fingerprint density at radius 2 is 0.750 bits per heavy atom. The van der Waals surface area contributed by atoms with Gasteiger partial charge in [-0.2, -0.15) is 0 Å². The molecule has 6 rings (SSSR count). The van der Waals surface area contributed by atoms with Crippen molar-refractivity contribution in [1.29, 1.82) is 0 Å². The van der Waals surface area contributed by atoms with Crippen molar-refractivity contribution in [3.63, 3.8) is 0 Å². The van der Waals surface area contributed by atoms with E-state index in [0.717, 1.165) is 23.9 Å². The average molecular weight is 673 g/mol. The van der Waals surface area contributed by atoms with E-state index in [1.165, 1.54) is 12.1 Å². The first-order chi connectivity index (χ1) is 23.5. The lowest BCUT2D eigenvalue weighted by atomic mass is 10.1. The van der Waals surface area contributed by atoms with Gasteiger partial charge in [-0.15, -0.1) is 0 Å². The molecule has 0 atom stereocenters. The summed E-state index contributed by atoms with van der Waals surface area (Å²) in [5.74, 6) is 0. The van der Waals surface area contributed by atoms with Gasteiger partial charge < -0.3 is 0 Å². The van der Waals surface area contributed by atoms with Gasteiger partial charge in [0.2, 0.25) is 0 Å². The third kappa shape index (κ3) is 8.99. The van der Waals surface area contributed by atoms with Crippen molar-refractivity contribution in [1.82, 2.24) is 19.9 Å². The molecule has 48 heavy (non-hydrogen) atoms. The molecule has 0 spiro atoms. The molecule has 4 heterocycles. The normalized spacial score (nSPS) is 10.2. The Kier molecular flexibility index (Phi) is 11.8. The van der Waals surface area contributed by atoms with Crippen LogP contribution < -0.4 is 0 Å². The quantitative estimate of drug-likeness (QED) is 0.0606. The molecule has 0 amide bonds. The number of hydrogen-bond donors (Lipinski definition) is 0. The van der Waals surface area contributed by atoms with Gasteiger partial charge in [-0.3, -0.25) is 40.2 Å². The van der Waals surface area contributed by atoms with Gasteiger partial charge in [0.15, 0.2) is 0 Å². The first-order valence-corrected chi connectivity index (χ1v) is 15.7. The summed E-state index contributed by atoms with van der Waals surface area (Å²) in [6.07, 6.45) is 6.68. The summed E-state index contributed by atoms with van der Waals surface area (Å²) in [6.45, 7) is 0. The smallest absolute Gasteiger partial charge is 0.258 e. The second-order valence-electron chi connectivity index (χ2n) is 9.37. The molecule has 0 radical (unpaired) electrons. The molecule has 12 nitrogen and oxygen atoms in total. The molecule has 14 heteroatoms. The first kappa shape index (κ1) is 33.2. The fraction of sp³-hybridized carbons (Fsp3) is 0. The van der Waals surface area contributed by atoms with Crippen LogP contribution in [0.2, 0.25) is 0 Å². The van der Waals surface area contributed by atoms with Crippen molar-refractivity contribution >= 4 is 46.7 Å². The number of nitrogens with zero attached hydrogens (tertiary/aromatic N) is 8. The van der Waals surface area contributed by atoms with Crippen LogP contribution in [0.15, 0.2) is 165 Å². The van der Waals surface area contributed by atoms with Crippen LogP contribution >= 0.6 is 23.9 Å². The lowest BCUT2D eigenvalue weighted by molar-refractivity contribution is -0.387. The molecule has 2 aromatic carbocycles. The fourth-order valence-electron chi connectivity index (χ4n) is 4.02. The number of benzene rings is 2. The summed E-state index contributed by atoms with van der Waals surface area (Å²) < 4.78 is 8.96. The topological polar surface area (TPSA) is 163 Å². The van der Waals surface area contributed by atoms with Crippen molar-refractivity contribution in [2.75, 3.05) is 0 Å². The summed E-state index contributed by atoms with van der Waals surface area (Å²) >= 11 is 2.08.